The van der Waals surface area contributed by atoms with Crippen molar-refractivity contribution < 1.29 is 0 Å². The molecule has 16 heavy (non-hydrogen) atoms. The largest absolute Gasteiger partial charge is 0.330 e. The second-order valence-corrected chi connectivity index (χ2v) is 6.14. The topological polar surface area (TPSA) is 26.0 Å². The molecule has 0 aliphatic heterocycles. The molecule has 1 aliphatic carbocycles. The highest BCUT2D eigenvalue weighted by Crippen LogP contribution is 2.41. The van der Waals surface area contributed by atoms with Gasteiger partial charge in [-0.15, -0.1) is 0 Å². The molecule has 1 saturated carbocycles. The summed E-state index contributed by atoms with van der Waals surface area (Å²) in [6.45, 7) is 3.18. The summed E-state index contributed by atoms with van der Waals surface area (Å²) >= 11 is 1.80. The van der Waals surface area contributed by atoms with E-state index >= 15 is 0 Å². The lowest BCUT2D eigenvalue weighted by Crippen LogP contribution is -2.36. The van der Waals surface area contributed by atoms with Crippen molar-refractivity contribution in [3.05, 3.63) is 22.4 Å². The molecule has 2 rings (SSSR count). The second-order valence-electron chi connectivity index (χ2n) is 5.36. The molecule has 0 unspecified atom stereocenters. The van der Waals surface area contributed by atoms with Crippen LogP contribution in [0.2, 0.25) is 0 Å². The van der Waals surface area contributed by atoms with E-state index in [2.05, 4.69) is 23.8 Å². The fourth-order valence-electron chi connectivity index (χ4n) is 2.98. The zero-order valence-corrected chi connectivity index (χ0v) is 11.1. The van der Waals surface area contributed by atoms with Crippen molar-refractivity contribution in [1.82, 2.24) is 0 Å². The van der Waals surface area contributed by atoms with Crippen molar-refractivity contribution in [2.45, 2.75) is 45.4 Å². The minimum Gasteiger partial charge on any atom is -0.330 e. The van der Waals surface area contributed by atoms with Gasteiger partial charge in [-0.1, -0.05) is 13.3 Å². The predicted molar refractivity (Wildman–Crippen MR) is 71.8 cm³/mol. The Morgan fingerprint density at radius 3 is 2.69 bits per heavy atom. The minimum absolute atomic E-state index is 0.409. The molecule has 90 valence electrons. The van der Waals surface area contributed by atoms with Gasteiger partial charge in [0.2, 0.25) is 0 Å². The molecular formula is C14H23NS. The van der Waals surface area contributed by atoms with Gasteiger partial charge >= 0.3 is 0 Å². The normalized spacial score (nSPS) is 30.5. The molecule has 1 fully saturated rings. The van der Waals surface area contributed by atoms with E-state index in [-0.39, 0.29) is 0 Å². The van der Waals surface area contributed by atoms with Crippen LogP contribution in [0.3, 0.4) is 0 Å². The van der Waals surface area contributed by atoms with Gasteiger partial charge in [-0.2, -0.15) is 11.3 Å². The fourth-order valence-corrected chi connectivity index (χ4v) is 3.65. The summed E-state index contributed by atoms with van der Waals surface area (Å²) in [5.74, 6) is 0.960. The Balaban J connectivity index is 1.98. The van der Waals surface area contributed by atoms with Crippen LogP contribution in [0, 0.1) is 11.3 Å². The van der Waals surface area contributed by atoms with E-state index in [1.54, 1.807) is 11.3 Å². The zero-order chi connectivity index (χ0) is 11.4. The lowest BCUT2D eigenvalue weighted by molar-refractivity contribution is 0.154. The molecule has 0 bridgehead atoms. The van der Waals surface area contributed by atoms with Gasteiger partial charge in [-0.3, -0.25) is 0 Å². The number of nitrogens with two attached hydrogens (primary N) is 1. The highest BCUT2D eigenvalue weighted by molar-refractivity contribution is 7.07. The standard InChI is InChI=1S/C14H23NS/c1-2-12-3-6-14(11-15,7-4-12)9-13-5-8-16-10-13/h5,8,10,12H,2-4,6-7,9,11,15H2,1H3. The van der Waals surface area contributed by atoms with Crippen LogP contribution < -0.4 is 5.73 Å². The monoisotopic (exact) mass is 237 g/mol. The van der Waals surface area contributed by atoms with E-state index in [4.69, 9.17) is 5.73 Å². The highest BCUT2D eigenvalue weighted by atomic mass is 32.1. The average Bonchev–Trinajstić information content (AvgIpc) is 2.83. The summed E-state index contributed by atoms with van der Waals surface area (Å²) < 4.78 is 0. The van der Waals surface area contributed by atoms with Crippen LogP contribution >= 0.6 is 11.3 Å². The van der Waals surface area contributed by atoms with Gasteiger partial charge in [-0.05, 0) is 72.4 Å². The van der Waals surface area contributed by atoms with Crippen LogP contribution in [0.4, 0.5) is 0 Å². The number of thiophene rings is 1. The third kappa shape index (κ3) is 2.67. The molecule has 0 aromatic carbocycles. The molecule has 1 heterocycles. The molecule has 2 heteroatoms. The maximum Gasteiger partial charge on any atom is -0.00173 e. The summed E-state index contributed by atoms with van der Waals surface area (Å²) in [5, 5.41) is 4.46. The molecule has 1 nitrogen and oxygen atoms in total. The van der Waals surface area contributed by atoms with Crippen molar-refractivity contribution in [2.75, 3.05) is 6.54 Å². The van der Waals surface area contributed by atoms with E-state index in [9.17, 15) is 0 Å². The summed E-state index contributed by atoms with van der Waals surface area (Å²) in [6, 6.07) is 2.26. The van der Waals surface area contributed by atoms with Crippen molar-refractivity contribution in [2.24, 2.45) is 17.1 Å². The van der Waals surface area contributed by atoms with Gasteiger partial charge in [0.1, 0.15) is 0 Å². The third-order valence-electron chi connectivity index (χ3n) is 4.34. The van der Waals surface area contributed by atoms with Crippen LogP contribution in [0.25, 0.3) is 0 Å². The fraction of sp³-hybridized carbons (Fsp3) is 0.714. The molecule has 0 saturated heterocycles. The number of rotatable bonds is 4. The van der Waals surface area contributed by atoms with Gasteiger partial charge in [0.05, 0.1) is 0 Å². The molecule has 0 spiro atoms. The van der Waals surface area contributed by atoms with E-state index in [1.165, 1.54) is 44.1 Å². The molecular weight excluding hydrogens is 214 g/mol. The van der Waals surface area contributed by atoms with Crippen LogP contribution in [0.5, 0.6) is 0 Å². The van der Waals surface area contributed by atoms with E-state index in [0.717, 1.165) is 12.5 Å². The van der Waals surface area contributed by atoms with Gasteiger partial charge in [0, 0.05) is 0 Å². The van der Waals surface area contributed by atoms with E-state index in [0.29, 0.717) is 5.41 Å². The average molecular weight is 237 g/mol. The number of hydrogen-bond donors (Lipinski definition) is 1. The van der Waals surface area contributed by atoms with Crippen LogP contribution in [0.15, 0.2) is 16.8 Å². The van der Waals surface area contributed by atoms with Crippen molar-refractivity contribution in [3.8, 4) is 0 Å². The van der Waals surface area contributed by atoms with Crippen molar-refractivity contribution >= 4 is 11.3 Å². The minimum atomic E-state index is 0.409. The molecule has 1 aromatic heterocycles. The first kappa shape index (κ1) is 12.1. The summed E-state index contributed by atoms with van der Waals surface area (Å²) in [7, 11) is 0. The second kappa shape index (κ2) is 5.33. The SMILES string of the molecule is CCC1CCC(CN)(Cc2ccsc2)CC1. The zero-order valence-electron chi connectivity index (χ0n) is 10.2. The van der Waals surface area contributed by atoms with E-state index in [1.807, 2.05) is 0 Å². The Morgan fingerprint density at radius 2 is 2.19 bits per heavy atom. The molecule has 2 N–H and O–H groups in total. The summed E-state index contributed by atoms with van der Waals surface area (Å²) in [6.07, 6.45) is 7.98. The molecule has 0 atom stereocenters. The predicted octanol–water partition coefficient (Wildman–Crippen LogP) is 3.84. The maximum atomic E-state index is 6.05. The van der Waals surface area contributed by atoms with Crippen LogP contribution in [-0.2, 0) is 6.42 Å². The molecule has 1 aliphatic rings. The molecule has 0 radical (unpaired) electrons. The third-order valence-corrected chi connectivity index (χ3v) is 5.07. The van der Waals surface area contributed by atoms with E-state index < -0.39 is 0 Å². The lowest BCUT2D eigenvalue weighted by Gasteiger charge is -2.39. The first-order valence-electron chi connectivity index (χ1n) is 6.49. The van der Waals surface area contributed by atoms with Gasteiger partial charge < -0.3 is 5.73 Å². The maximum absolute atomic E-state index is 6.05. The van der Waals surface area contributed by atoms with Gasteiger partial charge in [-0.25, -0.2) is 0 Å². The Morgan fingerprint density at radius 1 is 1.44 bits per heavy atom. The highest BCUT2D eigenvalue weighted by Gasteiger charge is 2.33. The lowest BCUT2D eigenvalue weighted by atomic mass is 9.67. The Hall–Kier alpha value is -0.340. The first-order chi connectivity index (χ1) is 7.78. The molecule has 0 amide bonds. The first-order valence-corrected chi connectivity index (χ1v) is 7.43. The summed E-state index contributed by atoms with van der Waals surface area (Å²) in [4.78, 5) is 0. The summed E-state index contributed by atoms with van der Waals surface area (Å²) in [5.41, 5.74) is 7.95. The Kier molecular flexibility index (Phi) is 4.04. The van der Waals surface area contributed by atoms with Crippen molar-refractivity contribution in [3.63, 3.8) is 0 Å². The van der Waals surface area contributed by atoms with Gasteiger partial charge in [0.25, 0.3) is 0 Å². The number of hydrogen-bond acceptors (Lipinski definition) is 2. The smallest absolute Gasteiger partial charge is 0.00173 e. The van der Waals surface area contributed by atoms with Crippen LogP contribution in [0.1, 0.15) is 44.6 Å². The van der Waals surface area contributed by atoms with Gasteiger partial charge in [0.15, 0.2) is 0 Å². The Bertz CT molecular complexity index is 297. The quantitative estimate of drug-likeness (QED) is 0.846. The van der Waals surface area contributed by atoms with Crippen molar-refractivity contribution in [1.29, 1.82) is 0 Å². The van der Waals surface area contributed by atoms with Crippen LogP contribution in [-0.4, -0.2) is 6.54 Å². The molecule has 1 aromatic rings. The Labute approximate surface area is 103 Å².